The maximum atomic E-state index is 12.3. The molecular formula is C20H17BrN2O4S. The fraction of sp³-hybridized carbons (Fsp3) is 0.150. The fourth-order valence-electron chi connectivity index (χ4n) is 2.43. The number of ether oxygens (including phenoxy) is 2. The van der Waals surface area contributed by atoms with E-state index < -0.39 is 5.97 Å². The molecule has 0 radical (unpaired) electrons. The molecule has 6 nitrogen and oxygen atoms in total. The van der Waals surface area contributed by atoms with Gasteiger partial charge in [0.05, 0.1) is 22.2 Å². The molecule has 0 aromatic heterocycles. The molecule has 28 heavy (non-hydrogen) atoms. The molecule has 1 N–H and O–H groups in total. The van der Waals surface area contributed by atoms with Crippen molar-refractivity contribution >= 4 is 56.5 Å². The number of aryl methyl sites for hydroxylation is 1. The maximum Gasteiger partial charge on any atom is 0.308 e. The number of amidine groups is 1. The minimum atomic E-state index is -0.451. The molecule has 0 aliphatic carbocycles. The van der Waals surface area contributed by atoms with Gasteiger partial charge in [0.25, 0.3) is 5.91 Å². The van der Waals surface area contributed by atoms with Crippen LogP contribution >= 0.6 is 27.7 Å². The van der Waals surface area contributed by atoms with Crippen LogP contribution < -0.4 is 14.8 Å². The van der Waals surface area contributed by atoms with Crippen molar-refractivity contribution in [2.24, 2.45) is 4.99 Å². The number of aliphatic imine (C=N–C) groups is 1. The van der Waals surface area contributed by atoms with E-state index in [1.807, 2.05) is 31.2 Å². The molecule has 1 amide bonds. The largest absolute Gasteiger partial charge is 0.493 e. The lowest BCUT2D eigenvalue weighted by atomic mass is 10.2. The Morgan fingerprint density at radius 3 is 2.61 bits per heavy atom. The zero-order valence-electron chi connectivity index (χ0n) is 15.4. The first-order chi connectivity index (χ1) is 13.4. The Bertz CT molecular complexity index is 1000. The minimum Gasteiger partial charge on any atom is -0.493 e. The smallest absolute Gasteiger partial charge is 0.308 e. The molecule has 3 rings (SSSR count). The van der Waals surface area contributed by atoms with E-state index in [9.17, 15) is 9.59 Å². The van der Waals surface area contributed by atoms with Crippen LogP contribution in [0.1, 0.15) is 18.1 Å². The molecule has 1 aliphatic heterocycles. The van der Waals surface area contributed by atoms with E-state index in [1.54, 1.807) is 18.2 Å². The van der Waals surface area contributed by atoms with Crippen molar-refractivity contribution in [3.63, 3.8) is 0 Å². The topological polar surface area (TPSA) is 77.0 Å². The van der Waals surface area contributed by atoms with Crippen molar-refractivity contribution in [1.82, 2.24) is 5.32 Å². The van der Waals surface area contributed by atoms with Crippen molar-refractivity contribution in [3.8, 4) is 11.5 Å². The highest BCUT2D eigenvalue weighted by Gasteiger charge is 2.24. The van der Waals surface area contributed by atoms with Crippen LogP contribution in [0.25, 0.3) is 6.08 Å². The number of nitrogens with zero attached hydrogens (tertiary/aromatic N) is 1. The maximum absolute atomic E-state index is 12.3. The number of nitrogens with one attached hydrogen (secondary N) is 1. The van der Waals surface area contributed by atoms with E-state index in [1.165, 1.54) is 25.8 Å². The lowest BCUT2D eigenvalue weighted by Crippen LogP contribution is -2.19. The van der Waals surface area contributed by atoms with Crippen LogP contribution in [0.15, 0.2) is 50.8 Å². The van der Waals surface area contributed by atoms with Crippen LogP contribution in [0.3, 0.4) is 0 Å². The fourth-order valence-corrected chi connectivity index (χ4v) is 3.82. The van der Waals surface area contributed by atoms with E-state index >= 15 is 0 Å². The molecule has 0 atom stereocenters. The summed E-state index contributed by atoms with van der Waals surface area (Å²) in [5.74, 6) is -0.00141. The third-order valence-electron chi connectivity index (χ3n) is 3.71. The summed E-state index contributed by atoms with van der Waals surface area (Å²) in [6.07, 6.45) is 1.72. The second-order valence-electron chi connectivity index (χ2n) is 5.95. The zero-order valence-corrected chi connectivity index (χ0v) is 17.8. The van der Waals surface area contributed by atoms with Gasteiger partial charge in [-0.15, -0.1) is 0 Å². The van der Waals surface area contributed by atoms with Gasteiger partial charge in [-0.1, -0.05) is 17.7 Å². The molecule has 0 spiro atoms. The Morgan fingerprint density at radius 2 is 1.96 bits per heavy atom. The summed E-state index contributed by atoms with van der Waals surface area (Å²) in [6.45, 7) is 3.32. The Labute approximate surface area is 175 Å². The zero-order chi connectivity index (χ0) is 20.3. The summed E-state index contributed by atoms with van der Waals surface area (Å²) in [5, 5.41) is 3.28. The third kappa shape index (κ3) is 4.82. The van der Waals surface area contributed by atoms with Gasteiger partial charge in [-0.05, 0) is 70.5 Å². The van der Waals surface area contributed by atoms with Gasteiger partial charge in [-0.25, -0.2) is 4.99 Å². The summed E-state index contributed by atoms with van der Waals surface area (Å²) in [4.78, 5) is 28.5. The molecule has 8 heteroatoms. The number of carbonyl (C=O) groups is 2. The average molecular weight is 461 g/mol. The van der Waals surface area contributed by atoms with Crippen LogP contribution in [0.5, 0.6) is 11.5 Å². The Morgan fingerprint density at radius 1 is 1.25 bits per heavy atom. The summed E-state index contributed by atoms with van der Waals surface area (Å²) in [7, 11) is 1.48. The molecule has 2 aromatic carbocycles. The van der Waals surface area contributed by atoms with Crippen molar-refractivity contribution in [1.29, 1.82) is 0 Å². The van der Waals surface area contributed by atoms with E-state index in [0.717, 1.165) is 11.3 Å². The van der Waals surface area contributed by atoms with E-state index in [-0.39, 0.29) is 5.91 Å². The van der Waals surface area contributed by atoms with Crippen LogP contribution in [-0.4, -0.2) is 24.2 Å². The molecule has 0 unspecified atom stereocenters. The number of halogens is 1. The Balaban J connectivity index is 1.87. The number of methoxy groups -OCH3 is 1. The van der Waals surface area contributed by atoms with Crippen LogP contribution in [-0.2, 0) is 9.59 Å². The number of amides is 1. The highest BCUT2D eigenvalue weighted by molar-refractivity contribution is 9.10. The molecule has 0 saturated carbocycles. The van der Waals surface area contributed by atoms with Gasteiger partial charge in [0.2, 0.25) is 0 Å². The number of esters is 1. The van der Waals surface area contributed by atoms with Crippen LogP contribution in [0.4, 0.5) is 5.69 Å². The first kappa shape index (κ1) is 20.2. The number of hydrogen-bond donors (Lipinski definition) is 1. The number of rotatable bonds is 4. The second-order valence-corrected chi connectivity index (χ2v) is 7.83. The molecule has 1 aliphatic rings. The summed E-state index contributed by atoms with van der Waals surface area (Å²) in [5.41, 5.74) is 2.63. The number of benzene rings is 2. The Hall–Kier alpha value is -2.58. The average Bonchev–Trinajstić information content (AvgIpc) is 2.97. The monoisotopic (exact) mass is 460 g/mol. The van der Waals surface area contributed by atoms with Gasteiger partial charge in [-0.2, -0.15) is 0 Å². The van der Waals surface area contributed by atoms with Gasteiger partial charge in [-0.3, -0.25) is 9.59 Å². The standard InChI is InChI=1S/C20H17BrN2O4S/c1-11-4-6-14(7-5-11)22-20-23-19(25)17(28-20)10-13-8-15(21)18(27-12(2)24)16(9-13)26-3/h4-10H,1-3H3,(H,22,23,25)/b17-10-. The summed E-state index contributed by atoms with van der Waals surface area (Å²) >= 11 is 4.63. The lowest BCUT2D eigenvalue weighted by molar-refractivity contribution is -0.132. The predicted octanol–water partition coefficient (Wildman–Crippen LogP) is 4.58. The summed E-state index contributed by atoms with van der Waals surface area (Å²) in [6, 6.07) is 11.2. The SMILES string of the molecule is COc1cc(/C=C2\SC(=Nc3ccc(C)cc3)NC2=O)cc(Br)c1OC(C)=O. The quantitative estimate of drug-likeness (QED) is 0.410. The third-order valence-corrected chi connectivity index (χ3v) is 5.21. The second kappa shape index (κ2) is 8.62. The minimum absolute atomic E-state index is 0.227. The molecule has 2 aromatic rings. The first-order valence-electron chi connectivity index (χ1n) is 8.28. The summed E-state index contributed by atoms with van der Waals surface area (Å²) < 4.78 is 11.0. The van der Waals surface area contributed by atoms with E-state index in [2.05, 4.69) is 26.2 Å². The molecule has 144 valence electrons. The van der Waals surface area contributed by atoms with Gasteiger partial charge in [0.15, 0.2) is 16.7 Å². The predicted molar refractivity (Wildman–Crippen MR) is 114 cm³/mol. The van der Waals surface area contributed by atoms with Crippen molar-refractivity contribution in [3.05, 3.63) is 56.9 Å². The number of thioether (sulfide) groups is 1. The first-order valence-corrected chi connectivity index (χ1v) is 9.89. The molecular weight excluding hydrogens is 444 g/mol. The Kier molecular flexibility index (Phi) is 6.21. The van der Waals surface area contributed by atoms with Crippen molar-refractivity contribution in [2.45, 2.75) is 13.8 Å². The number of hydrogen-bond acceptors (Lipinski definition) is 6. The van der Waals surface area contributed by atoms with Crippen molar-refractivity contribution in [2.75, 3.05) is 7.11 Å². The normalized spacial score (nSPS) is 16.4. The molecule has 0 bridgehead atoms. The molecule has 1 saturated heterocycles. The van der Waals surface area contributed by atoms with Gasteiger partial charge in [0.1, 0.15) is 0 Å². The van der Waals surface area contributed by atoms with E-state index in [4.69, 9.17) is 9.47 Å². The van der Waals surface area contributed by atoms with Crippen molar-refractivity contribution < 1.29 is 19.1 Å². The molecule has 1 fully saturated rings. The highest BCUT2D eigenvalue weighted by Crippen LogP contribution is 2.38. The van der Waals surface area contributed by atoms with E-state index in [0.29, 0.717) is 31.6 Å². The van der Waals surface area contributed by atoms with Crippen LogP contribution in [0.2, 0.25) is 0 Å². The molecule has 1 heterocycles. The highest BCUT2D eigenvalue weighted by atomic mass is 79.9. The lowest BCUT2D eigenvalue weighted by Gasteiger charge is -2.11. The van der Waals surface area contributed by atoms with Gasteiger partial charge < -0.3 is 14.8 Å². The van der Waals surface area contributed by atoms with Gasteiger partial charge in [0, 0.05) is 6.92 Å². The van der Waals surface area contributed by atoms with Crippen LogP contribution in [0, 0.1) is 6.92 Å². The van der Waals surface area contributed by atoms with Gasteiger partial charge >= 0.3 is 5.97 Å². The number of carbonyl (C=O) groups excluding carboxylic acids is 2.